The van der Waals surface area contributed by atoms with E-state index in [4.69, 9.17) is 11.6 Å². The van der Waals surface area contributed by atoms with Crippen molar-refractivity contribution in [1.82, 2.24) is 14.9 Å². The van der Waals surface area contributed by atoms with Crippen LogP contribution in [0.3, 0.4) is 0 Å². The van der Waals surface area contributed by atoms with Crippen LogP contribution >= 0.6 is 22.9 Å². The molecular weight excluding hydrogens is 360 g/mol. The molecule has 2 amide bonds. The first-order chi connectivity index (χ1) is 11.9. The standard InChI is InChI=1S/C17H17ClN4O2S/c1-10(23)19-13(15-4-3-7-25-15)9-16(24)21-17-20-12-8-11(18)5-6-14(12)22(17)2/h3-8,13H,9H2,1-2H3,(H,19,23)(H,20,21,24)/t13-/m0/s1. The average molecular weight is 377 g/mol. The van der Waals surface area contributed by atoms with Gasteiger partial charge in [-0.05, 0) is 29.6 Å². The molecule has 0 radical (unpaired) electrons. The van der Waals surface area contributed by atoms with Gasteiger partial charge >= 0.3 is 0 Å². The molecule has 0 saturated carbocycles. The van der Waals surface area contributed by atoms with E-state index >= 15 is 0 Å². The molecule has 1 aromatic carbocycles. The number of carbonyl (C=O) groups excluding carboxylic acids is 2. The fourth-order valence-electron chi connectivity index (χ4n) is 2.60. The molecule has 0 aliphatic heterocycles. The lowest BCUT2D eigenvalue weighted by atomic mass is 10.1. The number of benzene rings is 1. The third-order valence-electron chi connectivity index (χ3n) is 3.75. The molecule has 2 heterocycles. The predicted octanol–water partition coefficient (Wildman–Crippen LogP) is 3.49. The molecule has 8 heteroatoms. The molecule has 1 atom stereocenters. The number of halogens is 1. The minimum absolute atomic E-state index is 0.129. The second kappa shape index (κ2) is 7.25. The summed E-state index contributed by atoms with van der Waals surface area (Å²) in [5.41, 5.74) is 1.58. The number of hydrogen-bond donors (Lipinski definition) is 2. The van der Waals surface area contributed by atoms with Crippen molar-refractivity contribution in [3.05, 3.63) is 45.6 Å². The van der Waals surface area contributed by atoms with E-state index in [-0.39, 0.29) is 24.3 Å². The Kier molecular flexibility index (Phi) is 5.06. The van der Waals surface area contributed by atoms with Crippen LogP contribution in [0.5, 0.6) is 0 Å². The number of nitrogens with one attached hydrogen (secondary N) is 2. The van der Waals surface area contributed by atoms with Gasteiger partial charge in [0.1, 0.15) is 0 Å². The van der Waals surface area contributed by atoms with Gasteiger partial charge in [0.2, 0.25) is 17.8 Å². The van der Waals surface area contributed by atoms with E-state index in [2.05, 4.69) is 15.6 Å². The summed E-state index contributed by atoms with van der Waals surface area (Å²) in [7, 11) is 1.82. The van der Waals surface area contributed by atoms with Crippen molar-refractivity contribution in [2.45, 2.75) is 19.4 Å². The van der Waals surface area contributed by atoms with E-state index in [1.54, 1.807) is 16.7 Å². The van der Waals surface area contributed by atoms with Crippen LogP contribution < -0.4 is 10.6 Å². The fraction of sp³-hybridized carbons (Fsp3) is 0.235. The monoisotopic (exact) mass is 376 g/mol. The summed E-state index contributed by atoms with van der Waals surface area (Å²) < 4.78 is 1.79. The summed E-state index contributed by atoms with van der Waals surface area (Å²) >= 11 is 7.48. The molecular formula is C17H17ClN4O2S. The molecule has 0 fully saturated rings. The number of thiophene rings is 1. The number of rotatable bonds is 5. The van der Waals surface area contributed by atoms with Gasteiger partial charge in [0, 0.05) is 23.9 Å². The normalized spacial score (nSPS) is 12.1. The molecule has 3 aromatic rings. The highest BCUT2D eigenvalue weighted by Crippen LogP contribution is 2.24. The number of anilines is 1. The number of amides is 2. The van der Waals surface area contributed by atoms with Crippen LogP contribution in [0.1, 0.15) is 24.3 Å². The number of imidazole rings is 1. The van der Waals surface area contributed by atoms with Crippen LogP contribution in [-0.4, -0.2) is 21.4 Å². The Morgan fingerprint density at radius 1 is 1.36 bits per heavy atom. The molecule has 2 aromatic heterocycles. The Morgan fingerprint density at radius 3 is 2.84 bits per heavy atom. The van der Waals surface area contributed by atoms with E-state index in [1.807, 2.05) is 30.6 Å². The van der Waals surface area contributed by atoms with Crippen molar-refractivity contribution in [2.75, 3.05) is 5.32 Å². The maximum absolute atomic E-state index is 12.5. The van der Waals surface area contributed by atoms with Gasteiger partial charge in [-0.3, -0.25) is 14.9 Å². The molecule has 0 saturated heterocycles. The Hall–Kier alpha value is -2.38. The van der Waals surface area contributed by atoms with E-state index < -0.39 is 0 Å². The average Bonchev–Trinajstić information content (AvgIpc) is 3.15. The van der Waals surface area contributed by atoms with Crippen LogP contribution in [0.25, 0.3) is 11.0 Å². The van der Waals surface area contributed by atoms with E-state index in [9.17, 15) is 9.59 Å². The van der Waals surface area contributed by atoms with Gasteiger partial charge in [0.05, 0.1) is 23.5 Å². The van der Waals surface area contributed by atoms with Gasteiger partial charge in [0.25, 0.3) is 0 Å². The van der Waals surface area contributed by atoms with Gasteiger partial charge in [-0.25, -0.2) is 4.98 Å². The summed E-state index contributed by atoms with van der Waals surface area (Å²) in [5, 5.41) is 8.13. The van der Waals surface area contributed by atoms with Crippen molar-refractivity contribution < 1.29 is 9.59 Å². The summed E-state index contributed by atoms with van der Waals surface area (Å²) in [6.07, 6.45) is 0.129. The van der Waals surface area contributed by atoms with Crippen LogP contribution in [0.15, 0.2) is 35.7 Å². The maximum Gasteiger partial charge on any atom is 0.229 e. The molecule has 25 heavy (non-hydrogen) atoms. The van der Waals surface area contributed by atoms with Crippen molar-refractivity contribution in [3.8, 4) is 0 Å². The van der Waals surface area contributed by atoms with Crippen molar-refractivity contribution in [2.24, 2.45) is 7.05 Å². The minimum Gasteiger partial charge on any atom is -0.348 e. The van der Waals surface area contributed by atoms with Crippen molar-refractivity contribution in [1.29, 1.82) is 0 Å². The summed E-state index contributed by atoms with van der Waals surface area (Å²) in [6, 6.07) is 8.81. The molecule has 130 valence electrons. The maximum atomic E-state index is 12.5. The Bertz CT molecular complexity index is 920. The summed E-state index contributed by atoms with van der Waals surface area (Å²) in [5.74, 6) is 0.0373. The second-order valence-corrected chi connectivity index (χ2v) is 7.06. The highest BCUT2D eigenvalue weighted by Gasteiger charge is 2.19. The third-order valence-corrected chi connectivity index (χ3v) is 4.97. The van der Waals surface area contributed by atoms with Crippen LogP contribution in [0.4, 0.5) is 5.95 Å². The molecule has 3 rings (SSSR count). The first-order valence-electron chi connectivity index (χ1n) is 7.66. The minimum atomic E-state index is -0.360. The highest BCUT2D eigenvalue weighted by molar-refractivity contribution is 7.10. The molecule has 0 spiro atoms. The zero-order valence-corrected chi connectivity index (χ0v) is 15.3. The first kappa shape index (κ1) is 17.4. The molecule has 0 bridgehead atoms. The molecule has 6 nitrogen and oxygen atoms in total. The van der Waals surface area contributed by atoms with Gasteiger partial charge in [-0.15, -0.1) is 11.3 Å². The number of fused-ring (bicyclic) bond motifs is 1. The first-order valence-corrected chi connectivity index (χ1v) is 8.92. The SMILES string of the molecule is CC(=O)N[C@@H](CC(=O)Nc1nc2cc(Cl)ccc2n1C)c1cccs1. The van der Waals surface area contributed by atoms with Gasteiger partial charge in [0.15, 0.2) is 0 Å². The Labute approximate surface area is 153 Å². The fourth-order valence-corrected chi connectivity index (χ4v) is 3.55. The van der Waals surface area contributed by atoms with Crippen LogP contribution in [0, 0.1) is 0 Å². The second-order valence-electron chi connectivity index (χ2n) is 5.65. The zero-order valence-electron chi connectivity index (χ0n) is 13.7. The Morgan fingerprint density at radius 2 is 2.16 bits per heavy atom. The van der Waals surface area contributed by atoms with Crippen molar-refractivity contribution >= 4 is 51.7 Å². The number of aryl methyl sites for hydroxylation is 1. The lowest BCUT2D eigenvalue weighted by Gasteiger charge is -2.16. The van der Waals surface area contributed by atoms with E-state index in [0.717, 1.165) is 10.4 Å². The smallest absolute Gasteiger partial charge is 0.229 e. The summed E-state index contributed by atoms with van der Waals surface area (Å²) in [4.78, 5) is 29.2. The predicted molar refractivity (Wildman–Crippen MR) is 99.8 cm³/mol. The lowest BCUT2D eigenvalue weighted by Crippen LogP contribution is -2.29. The topological polar surface area (TPSA) is 76.0 Å². The zero-order chi connectivity index (χ0) is 18.0. The quantitative estimate of drug-likeness (QED) is 0.715. The molecule has 0 unspecified atom stereocenters. The lowest BCUT2D eigenvalue weighted by molar-refractivity contribution is -0.120. The molecule has 0 aliphatic rings. The highest BCUT2D eigenvalue weighted by atomic mass is 35.5. The third kappa shape index (κ3) is 4.00. The van der Waals surface area contributed by atoms with E-state index in [0.29, 0.717) is 16.5 Å². The van der Waals surface area contributed by atoms with Crippen molar-refractivity contribution in [3.63, 3.8) is 0 Å². The largest absolute Gasteiger partial charge is 0.348 e. The summed E-state index contributed by atoms with van der Waals surface area (Å²) in [6.45, 7) is 1.44. The number of aromatic nitrogens is 2. The molecule has 0 aliphatic carbocycles. The number of nitrogens with zero attached hydrogens (tertiary/aromatic N) is 2. The molecule has 2 N–H and O–H groups in total. The Balaban J connectivity index is 1.77. The van der Waals surface area contributed by atoms with Gasteiger partial charge in [-0.2, -0.15) is 0 Å². The van der Waals surface area contributed by atoms with Gasteiger partial charge in [-0.1, -0.05) is 17.7 Å². The number of carbonyl (C=O) groups is 2. The van der Waals surface area contributed by atoms with Crippen LogP contribution in [0.2, 0.25) is 5.02 Å². The van der Waals surface area contributed by atoms with E-state index in [1.165, 1.54) is 18.3 Å². The van der Waals surface area contributed by atoms with Gasteiger partial charge < -0.3 is 9.88 Å². The number of hydrogen-bond acceptors (Lipinski definition) is 4. The van der Waals surface area contributed by atoms with Crippen LogP contribution in [-0.2, 0) is 16.6 Å².